The lowest BCUT2D eigenvalue weighted by atomic mass is 9.93. The number of nitrogens with zero attached hydrogens (tertiary/aromatic N) is 1. The second-order valence-corrected chi connectivity index (χ2v) is 7.90. The zero-order valence-corrected chi connectivity index (χ0v) is 15.2. The first-order chi connectivity index (χ1) is 12.1. The Morgan fingerprint density at radius 3 is 2.72 bits per heavy atom. The largest absolute Gasteiger partial charge is 0.481 e. The van der Waals surface area contributed by atoms with Crippen molar-refractivity contribution in [1.82, 2.24) is 4.57 Å². The fourth-order valence-corrected chi connectivity index (χ4v) is 5.01. The molecule has 1 aliphatic heterocycles. The van der Waals surface area contributed by atoms with E-state index >= 15 is 0 Å². The zero-order chi connectivity index (χ0) is 17.4. The number of halogens is 1. The number of carboxylic acid groups (broad SMARTS) is 1. The van der Waals surface area contributed by atoms with Crippen LogP contribution in [0, 0.1) is 0 Å². The van der Waals surface area contributed by atoms with Crippen molar-refractivity contribution in [1.29, 1.82) is 0 Å². The van der Waals surface area contributed by atoms with Crippen LogP contribution in [0.25, 0.3) is 10.9 Å². The Morgan fingerprint density at radius 1 is 1.20 bits per heavy atom. The van der Waals surface area contributed by atoms with E-state index < -0.39 is 5.97 Å². The zero-order valence-electron chi connectivity index (χ0n) is 13.6. The Hall–Kier alpha value is -1.91. The van der Waals surface area contributed by atoms with Crippen molar-refractivity contribution >= 4 is 40.2 Å². The van der Waals surface area contributed by atoms with Gasteiger partial charge in [-0.3, -0.25) is 4.79 Å². The van der Waals surface area contributed by atoms with Gasteiger partial charge in [0, 0.05) is 43.9 Å². The van der Waals surface area contributed by atoms with Crippen LogP contribution in [0.3, 0.4) is 0 Å². The average Bonchev–Trinajstić information content (AvgIpc) is 2.92. The molecule has 0 saturated heterocycles. The number of hydrogen-bond acceptors (Lipinski definition) is 2. The lowest BCUT2D eigenvalue weighted by Gasteiger charge is -2.25. The third-order valence-corrected chi connectivity index (χ3v) is 6.13. The minimum Gasteiger partial charge on any atom is -0.481 e. The summed E-state index contributed by atoms with van der Waals surface area (Å²) >= 11 is 7.71. The second-order valence-electron chi connectivity index (χ2n) is 6.38. The Labute approximate surface area is 155 Å². The average molecular weight is 372 g/mol. The maximum absolute atomic E-state index is 11.4. The molecule has 2 heterocycles. The van der Waals surface area contributed by atoms with Crippen molar-refractivity contribution in [2.75, 3.05) is 0 Å². The highest BCUT2D eigenvalue weighted by Crippen LogP contribution is 2.45. The van der Waals surface area contributed by atoms with Gasteiger partial charge < -0.3 is 9.67 Å². The molecule has 1 N–H and O–H groups in total. The molecule has 3 aromatic rings. The number of aliphatic carboxylic acids is 1. The van der Waals surface area contributed by atoms with Gasteiger partial charge in [-0.15, -0.1) is 0 Å². The van der Waals surface area contributed by atoms with Crippen molar-refractivity contribution in [2.24, 2.45) is 0 Å². The molecule has 1 aromatic heterocycles. The van der Waals surface area contributed by atoms with E-state index in [0.717, 1.165) is 29.3 Å². The predicted octanol–water partition coefficient (Wildman–Crippen LogP) is 5.80. The number of carboxylic acids is 1. The molecule has 0 aliphatic carbocycles. The normalized spacial score (nSPS) is 16.8. The van der Waals surface area contributed by atoms with Crippen LogP contribution >= 0.6 is 23.4 Å². The van der Waals surface area contributed by atoms with Gasteiger partial charge in [0.2, 0.25) is 0 Å². The summed E-state index contributed by atoms with van der Waals surface area (Å²) in [4.78, 5) is 13.7. The van der Waals surface area contributed by atoms with E-state index in [1.165, 1.54) is 21.5 Å². The molecule has 1 unspecified atom stereocenters. The SMILES string of the molecule is O=C(O)CC1CCCn2c1c(Sc1ccc(Cl)cc1)c1ccccc12. The summed E-state index contributed by atoms with van der Waals surface area (Å²) < 4.78 is 2.32. The van der Waals surface area contributed by atoms with Gasteiger partial charge in [0.25, 0.3) is 0 Å². The van der Waals surface area contributed by atoms with Gasteiger partial charge in [0.1, 0.15) is 0 Å². The molecule has 0 saturated carbocycles. The van der Waals surface area contributed by atoms with E-state index in [4.69, 9.17) is 11.6 Å². The van der Waals surface area contributed by atoms with E-state index in [2.05, 4.69) is 16.7 Å². The Morgan fingerprint density at radius 2 is 1.96 bits per heavy atom. The molecule has 128 valence electrons. The fraction of sp³-hybridized carbons (Fsp3) is 0.250. The lowest BCUT2D eigenvalue weighted by molar-refractivity contribution is -0.137. The smallest absolute Gasteiger partial charge is 0.304 e. The van der Waals surface area contributed by atoms with Crippen LogP contribution in [0.15, 0.2) is 58.3 Å². The van der Waals surface area contributed by atoms with E-state index in [0.29, 0.717) is 0 Å². The van der Waals surface area contributed by atoms with Gasteiger partial charge in [0.15, 0.2) is 0 Å². The fourth-order valence-electron chi connectivity index (χ4n) is 3.71. The van der Waals surface area contributed by atoms with Crippen molar-refractivity contribution < 1.29 is 9.90 Å². The maximum Gasteiger partial charge on any atom is 0.304 e. The molecule has 4 rings (SSSR count). The van der Waals surface area contributed by atoms with Gasteiger partial charge in [-0.25, -0.2) is 0 Å². The molecule has 5 heteroatoms. The van der Waals surface area contributed by atoms with E-state index in [1.807, 2.05) is 36.4 Å². The molecule has 25 heavy (non-hydrogen) atoms. The molecule has 0 fully saturated rings. The predicted molar refractivity (Wildman–Crippen MR) is 102 cm³/mol. The number of rotatable bonds is 4. The Balaban J connectivity index is 1.86. The monoisotopic (exact) mass is 371 g/mol. The number of aryl methyl sites for hydroxylation is 1. The highest BCUT2D eigenvalue weighted by atomic mass is 35.5. The van der Waals surface area contributed by atoms with Crippen LogP contribution in [0.4, 0.5) is 0 Å². The summed E-state index contributed by atoms with van der Waals surface area (Å²) in [7, 11) is 0. The summed E-state index contributed by atoms with van der Waals surface area (Å²) in [5, 5.41) is 11.3. The number of fused-ring (bicyclic) bond motifs is 3. The van der Waals surface area contributed by atoms with Crippen LogP contribution in [0.5, 0.6) is 0 Å². The number of benzene rings is 2. The van der Waals surface area contributed by atoms with Gasteiger partial charge in [-0.2, -0.15) is 0 Å². The molecular formula is C20H18ClNO2S. The highest BCUT2D eigenvalue weighted by Gasteiger charge is 2.29. The summed E-state index contributed by atoms with van der Waals surface area (Å²) in [6, 6.07) is 16.2. The highest BCUT2D eigenvalue weighted by molar-refractivity contribution is 7.99. The minimum atomic E-state index is -0.730. The molecule has 0 bridgehead atoms. The first-order valence-electron chi connectivity index (χ1n) is 8.40. The van der Waals surface area contributed by atoms with Crippen molar-refractivity contribution in [2.45, 2.75) is 41.5 Å². The number of para-hydroxylation sites is 1. The van der Waals surface area contributed by atoms with Crippen LogP contribution in [0.1, 0.15) is 30.9 Å². The Kier molecular flexibility index (Phi) is 4.48. The van der Waals surface area contributed by atoms with Crippen molar-refractivity contribution in [3.8, 4) is 0 Å². The summed E-state index contributed by atoms with van der Waals surface area (Å²) in [6.07, 6.45) is 2.13. The minimum absolute atomic E-state index is 0.0634. The van der Waals surface area contributed by atoms with Crippen LogP contribution < -0.4 is 0 Å². The number of carbonyl (C=O) groups is 1. The quantitative estimate of drug-likeness (QED) is 0.630. The van der Waals surface area contributed by atoms with Gasteiger partial charge in [-0.05, 0) is 43.2 Å². The van der Waals surface area contributed by atoms with Gasteiger partial charge in [0.05, 0.1) is 6.42 Å². The summed E-state index contributed by atoms with van der Waals surface area (Å²) in [6.45, 7) is 0.952. The molecule has 2 aromatic carbocycles. The van der Waals surface area contributed by atoms with Crippen LogP contribution in [-0.4, -0.2) is 15.6 Å². The number of aromatic nitrogens is 1. The molecule has 3 nitrogen and oxygen atoms in total. The van der Waals surface area contributed by atoms with E-state index in [9.17, 15) is 9.90 Å². The van der Waals surface area contributed by atoms with Gasteiger partial charge in [-0.1, -0.05) is 41.6 Å². The molecule has 1 aliphatic rings. The molecule has 0 radical (unpaired) electrons. The lowest BCUT2D eigenvalue weighted by Crippen LogP contribution is -2.18. The molecule has 0 amide bonds. The third-order valence-electron chi connectivity index (χ3n) is 4.74. The van der Waals surface area contributed by atoms with E-state index in [1.54, 1.807) is 11.8 Å². The van der Waals surface area contributed by atoms with Crippen molar-refractivity contribution in [3.05, 3.63) is 59.2 Å². The summed E-state index contributed by atoms with van der Waals surface area (Å²) in [5.74, 6) is -0.667. The number of hydrogen-bond donors (Lipinski definition) is 1. The maximum atomic E-state index is 11.4. The summed E-state index contributed by atoms with van der Waals surface area (Å²) in [5.41, 5.74) is 2.37. The van der Waals surface area contributed by atoms with Crippen LogP contribution in [-0.2, 0) is 11.3 Å². The standard InChI is InChI=1S/C20H18ClNO2S/c21-14-7-9-15(10-8-14)25-20-16-5-1-2-6-17(16)22-11-3-4-13(19(20)22)12-18(23)24/h1-2,5-10,13H,3-4,11-12H2,(H,23,24). The van der Waals surface area contributed by atoms with Crippen LogP contribution in [0.2, 0.25) is 5.02 Å². The van der Waals surface area contributed by atoms with Crippen molar-refractivity contribution in [3.63, 3.8) is 0 Å². The molecule has 1 atom stereocenters. The van der Waals surface area contributed by atoms with Gasteiger partial charge >= 0.3 is 5.97 Å². The second kappa shape index (κ2) is 6.77. The topological polar surface area (TPSA) is 42.2 Å². The molecular weight excluding hydrogens is 354 g/mol. The third kappa shape index (κ3) is 3.16. The first-order valence-corrected chi connectivity index (χ1v) is 9.59. The van der Waals surface area contributed by atoms with E-state index in [-0.39, 0.29) is 12.3 Å². The first kappa shape index (κ1) is 16.6. The Bertz CT molecular complexity index is 933. The molecule has 0 spiro atoms.